The molecule has 1 aliphatic heterocycles. The Kier molecular flexibility index (Phi) is 6.22. The Bertz CT molecular complexity index is 963. The summed E-state index contributed by atoms with van der Waals surface area (Å²) in [6.07, 6.45) is -2.46. The van der Waals surface area contributed by atoms with Crippen LogP contribution in [0.25, 0.3) is 0 Å². The van der Waals surface area contributed by atoms with Gasteiger partial charge in [-0.3, -0.25) is 24.5 Å². The van der Waals surface area contributed by atoms with Crippen LogP contribution in [0.1, 0.15) is 6.23 Å². The number of nitrogens with zero attached hydrogens (tertiary/aromatic N) is 2. The molecule has 0 saturated carbocycles. The highest BCUT2D eigenvalue weighted by Gasteiger charge is 2.52. The number of aromatic nitrogens is 2. The van der Waals surface area contributed by atoms with Crippen LogP contribution in [0.15, 0.2) is 51.0 Å². The minimum absolute atomic E-state index is 0.127. The average molecular weight is 429 g/mol. The number of nitrogens with one attached hydrogen (secondary N) is 1. The number of benzene rings is 1. The molecule has 0 spiro atoms. The molecule has 0 radical (unpaired) electrons. The lowest BCUT2D eigenvalue weighted by Crippen LogP contribution is -2.41. The van der Waals surface area contributed by atoms with Gasteiger partial charge >= 0.3 is 5.69 Å². The lowest BCUT2D eigenvalue weighted by atomic mass is 10.2. The van der Waals surface area contributed by atoms with E-state index in [1.165, 1.54) is 24.3 Å². The zero-order chi connectivity index (χ0) is 20.4. The van der Waals surface area contributed by atoms with Gasteiger partial charge in [0.05, 0.1) is 16.4 Å². The normalized spacial score (nSPS) is 25.5. The summed E-state index contributed by atoms with van der Waals surface area (Å²) < 4.78 is 19.4. The molecule has 0 bridgehead atoms. The first-order valence-corrected chi connectivity index (χ1v) is 10.5. The van der Waals surface area contributed by atoms with Crippen molar-refractivity contribution < 1.29 is 24.4 Å². The van der Waals surface area contributed by atoms with Crippen LogP contribution < -0.4 is 11.2 Å². The number of H-pyrrole nitrogens is 1. The molecule has 5 atom stereocenters. The van der Waals surface area contributed by atoms with Gasteiger partial charge in [0.15, 0.2) is 6.23 Å². The molecule has 3 rings (SSSR count). The lowest BCUT2D eigenvalue weighted by molar-refractivity contribution is -0.384. The highest BCUT2D eigenvalue weighted by molar-refractivity contribution is 8.72. The molecule has 28 heavy (non-hydrogen) atoms. The molecule has 2 unspecified atom stereocenters. The quantitative estimate of drug-likeness (QED) is 0.237. The number of nitro benzene ring substituents is 1. The number of non-ortho nitro benzene ring substituents is 1. The van der Waals surface area contributed by atoms with Gasteiger partial charge in [-0.25, -0.2) is 4.79 Å². The fourth-order valence-electron chi connectivity index (χ4n) is 2.70. The summed E-state index contributed by atoms with van der Waals surface area (Å²) in [6.45, 7) is -0.564. The predicted octanol–water partition coefficient (Wildman–Crippen LogP) is -0.480. The molecule has 1 aromatic carbocycles. The molecule has 3 N–H and O–H groups in total. The van der Waals surface area contributed by atoms with E-state index < -0.39 is 56.7 Å². The molecule has 0 amide bonds. The van der Waals surface area contributed by atoms with Gasteiger partial charge in [0.2, 0.25) is 5.25 Å². The average Bonchev–Trinajstić information content (AvgIpc) is 2.98. The number of aliphatic hydroxyl groups is 2. The second-order valence-electron chi connectivity index (χ2n) is 5.82. The number of rotatable bonds is 6. The molecule has 13 heteroatoms. The van der Waals surface area contributed by atoms with Crippen molar-refractivity contribution in [1.29, 1.82) is 0 Å². The highest BCUT2D eigenvalue weighted by atomic mass is 33.1. The third-order valence-electron chi connectivity index (χ3n) is 4.07. The molecule has 1 aromatic heterocycles. The zero-order valence-corrected chi connectivity index (χ0v) is 15.7. The fraction of sp³-hybridized carbons (Fsp3) is 0.333. The fourth-order valence-corrected chi connectivity index (χ4v) is 5.90. The van der Waals surface area contributed by atoms with Crippen molar-refractivity contribution in [3.05, 3.63) is 67.5 Å². The first-order chi connectivity index (χ1) is 13.3. The third-order valence-corrected chi connectivity index (χ3v) is 7.39. The van der Waals surface area contributed by atoms with E-state index in [4.69, 9.17) is 4.74 Å². The van der Waals surface area contributed by atoms with Crippen LogP contribution in [0.4, 0.5) is 5.69 Å². The monoisotopic (exact) mass is 429 g/mol. The van der Waals surface area contributed by atoms with Gasteiger partial charge in [-0.2, -0.15) is 0 Å². The zero-order valence-electron chi connectivity index (χ0n) is 14.0. The van der Waals surface area contributed by atoms with E-state index in [9.17, 15) is 34.5 Å². The second-order valence-corrected chi connectivity index (χ2v) is 9.00. The maximum atomic E-state index is 12.9. The Morgan fingerprint density at radius 1 is 1.29 bits per heavy atom. The van der Waals surface area contributed by atoms with Crippen LogP contribution in [0.5, 0.6) is 0 Å². The topological polar surface area (TPSA) is 171 Å². The molecule has 1 aliphatic rings. The highest BCUT2D eigenvalue weighted by Crippen LogP contribution is 2.40. The van der Waals surface area contributed by atoms with Crippen molar-refractivity contribution >= 4 is 26.7 Å². The lowest BCUT2D eigenvalue weighted by Gasteiger charge is -2.23. The minimum Gasteiger partial charge on any atom is -0.604 e. The molecule has 0 aliphatic carbocycles. The Balaban J connectivity index is 1.87. The first kappa shape index (κ1) is 20.6. The van der Waals surface area contributed by atoms with Crippen LogP contribution in [0, 0.1) is 10.1 Å². The van der Waals surface area contributed by atoms with E-state index in [-0.39, 0.29) is 5.69 Å². The number of hydrogen-bond donors (Lipinski definition) is 3. The summed E-state index contributed by atoms with van der Waals surface area (Å²) in [5, 5.41) is 29.4. The maximum absolute atomic E-state index is 12.9. The van der Waals surface area contributed by atoms with Gasteiger partial charge in [-0.05, 0) is 12.1 Å². The molecule has 1 saturated heterocycles. The van der Waals surface area contributed by atoms with E-state index >= 15 is 0 Å². The van der Waals surface area contributed by atoms with Crippen molar-refractivity contribution in [2.45, 2.75) is 28.6 Å². The van der Waals surface area contributed by atoms with Crippen molar-refractivity contribution in [2.75, 3.05) is 6.61 Å². The Morgan fingerprint density at radius 3 is 2.54 bits per heavy atom. The molecular weight excluding hydrogens is 414 g/mol. The van der Waals surface area contributed by atoms with Crippen LogP contribution in [-0.4, -0.2) is 53.3 Å². The van der Waals surface area contributed by atoms with E-state index in [0.717, 1.165) is 27.6 Å². The standard InChI is InChI=1S/C15H15N3O8S2/c19-7-10-12(21)13(14(26-10)17-6-5-11(20)16-15(17)22)28(25)27-9-3-1-8(2-4-9)18(23)24/h1-6,10,12-14,19,21H,7H2,(H,16,20,22)/t10-,12?,13?,14-,28-/m1/s1. The minimum atomic E-state index is -1.85. The number of aliphatic hydroxyl groups excluding tert-OH is 2. The van der Waals surface area contributed by atoms with Gasteiger partial charge in [-0.1, -0.05) is 0 Å². The molecule has 150 valence electrons. The maximum Gasteiger partial charge on any atom is 0.330 e. The summed E-state index contributed by atoms with van der Waals surface area (Å²) in [6, 6.07) is 6.40. The molecular formula is C15H15N3O8S2. The number of ether oxygens (including phenoxy) is 1. The smallest absolute Gasteiger partial charge is 0.330 e. The van der Waals surface area contributed by atoms with E-state index in [2.05, 4.69) is 0 Å². The van der Waals surface area contributed by atoms with Gasteiger partial charge in [0.25, 0.3) is 11.2 Å². The van der Waals surface area contributed by atoms with Gasteiger partial charge in [0.1, 0.15) is 23.0 Å². The van der Waals surface area contributed by atoms with Gasteiger partial charge in [-0.15, -0.1) is 0 Å². The first-order valence-electron chi connectivity index (χ1n) is 7.91. The van der Waals surface area contributed by atoms with Crippen molar-refractivity contribution in [1.82, 2.24) is 9.55 Å². The summed E-state index contributed by atoms with van der Waals surface area (Å²) in [5.74, 6) is 0. The SMILES string of the molecule is O=c1ccn([C@@H]2O[C@H](CO)C(O)C2[S@+]([O-])Sc2ccc([N+](=O)[O-])cc2)c(=O)[nH]1. The van der Waals surface area contributed by atoms with Gasteiger partial charge < -0.3 is 19.5 Å². The number of aromatic amines is 1. The summed E-state index contributed by atoms with van der Waals surface area (Å²) in [4.78, 5) is 36.0. The molecule has 2 heterocycles. The van der Waals surface area contributed by atoms with Crippen LogP contribution in [0.3, 0.4) is 0 Å². The van der Waals surface area contributed by atoms with Crippen molar-refractivity contribution in [3.63, 3.8) is 0 Å². The van der Waals surface area contributed by atoms with Crippen LogP contribution in [-0.2, 0) is 14.9 Å². The van der Waals surface area contributed by atoms with Gasteiger partial charge in [0, 0.05) is 34.6 Å². The largest absolute Gasteiger partial charge is 0.604 e. The number of nitro groups is 1. The Labute approximate surface area is 163 Å². The Morgan fingerprint density at radius 2 is 1.96 bits per heavy atom. The molecule has 11 nitrogen and oxygen atoms in total. The summed E-state index contributed by atoms with van der Waals surface area (Å²) in [5.41, 5.74) is -1.57. The van der Waals surface area contributed by atoms with Crippen LogP contribution >= 0.6 is 10.8 Å². The van der Waals surface area contributed by atoms with E-state index in [1.807, 2.05) is 4.98 Å². The van der Waals surface area contributed by atoms with Crippen LogP contribution in [0.2, 0.25) is 0 Å². The molecule has 1 fully saturated rings. The van der Waals surface area contributed by atoms with Crippen molar-refractivity contribution in [2.24, 2.45) is 0 Å². The third kappa shape index (κ3) is 4.14. The molecule has 2 aromatic rings. The predicted molar refractivity (Wildman–Crippen MR) is 99.2 cm³/mol. The number of hydrogen-bond acceptors (Lipinski definition) is 9. The summed E-state index contributed by atoms with van der Waals surface area (Å²) >= 11 is 0. The van der Waals surface area contributed by atoms with E-state index in [0.29, 0.717) is 4.90 Å². The van der Waals surface area contributed by atoms with Crippen molar-refractivity contribution in [3.8, 4) is 0 Å². The summed E-state index contributed by atoms with van der Waals surface area (Å²) in [7, 11) is -1.03. The van der Waals surface area contributed by atoms with E-state index in [1.54, 1.807) is 0 Å². The Hall–Kier alpha value is -2.16. The second kappa shape index (κ2) is 8.46.